The molecule has 1 heterocycles. The van der Waals surface area contributed by atoms with Gasteiger partial charge >= 0.3 is 0 Å². The van der Waals surface area contributed by atoms with Gasteiger partial charge in [0, 0.05) is 20.4 Å². The number of aliphatic hydroxyl groups is 1. The highest BCUT2D eigenvalue weighted by Crippen LogP contribution is 2.50. The second kappa shape index (κ2) is 9.65. The fraction of sp³-hybridized carbons (Fsp3) is 0.571. The van der Waals surface area contributed by atoms with Crippen molar-refractivity contribution in [3.8, 4) is 6.07 Å². The number of halogens is 1. The van der Waals surface area contributed by atoms with E-state index in [1.54, 1.807) is 12.1 Å². The molecule has 6 heteroatoms. The average molecular weight is 591 g/mol. The number of fused-ring (bicyclic) bond motifs is 1. The second-order valence-corrected chi connectivity index (χ2v) is 18.1. The molecule has 1 unspecified atom stereocenters. The van der Waals surface area contributed by atoms with Crippen molar-refractivity contribution in [2.24, 2.45) is 5.41 Å². The van der Waals surface area contributed by atoms with Crippen LogP contribution >= 0.6 is 22.6 Å². The fourth-order valence-electron chi connectivity index (χ4n) is 4.48. The van der Waals surface area contributed by atoms with E-state index < -0.39 is 14.4 Å². The monoisotopic (exact) mass is 590 g/mol. The topological polar surface area (TPSA) is 66.1 Å². The smallest absolute Gasteiger partial charge is 0.192 e. The van der Waals surface area contributed by atoms with Crippen LogP contribution in [0.25, 0.3) is 0 Å². The van der Waals surface area contributed by atoms with E-state index in [2.05, 4.69) is 90.2 Å². The molecular weight excluding hydrogens is 551 g/mol. The van der Waals surface area contributed by atoms with Gasteiger partial charge in [0.05, 0.1) is 23.4 Å². The van der Waals surface area contributed by atoms with Crippen molar-refractivity contribution in [3.63, 3.8) is 0 Å². The highest BCUT2D eigenvalue weighted by atomic mass is 127. The molecule has 0 fully saturated rings. The molecule has 2 aromatic rings. The van der Waals surface area contributed by atoms with Gasteiger partial charge in [-0.05, 0) is 82.6 Å². The number of nitriles is 1. The molecule has 0 amide bonds. The molecule has 4 nitrogen and oxygen atoms in total. The Hall–Kier alpha value is -1.27. The van der Waals surface area contributed by atoms with Crippen molar-refractivity contribution in [3.05, 3.63) is 61.5 Å². The molecule has 3 rings (SSSR count). The predicted octanol–water partition coefficient (Wildman–Crippen LogP) is 7.80. The van der Waals surface area contributed by atoms with Gasteiger partial charge in [-0.25, -0.2) is 0 Å². The number of nitrogens with zero attached hydrogens (tertiary/aromatic N) is 2. The minimum absolute atomic E-state index is 0.0350. The van der Waals surface area contributed by atoms with Crippen LogP contribution in [0.5, 0.6) is 0 Å². The Kier molecular flexibility index (Phi) is 7.75. The molecule has 1 aromatic carbocycles. The first-order chi connectivity index (χ1) is 15.6. The number of benzene rings is 1. The van der Waals surface area contributed by atoms with Crippen LogP contribution in [-0.2, 0) is 10.8 Å². The summed E-state index contributed by atoms with van der Waals surface area (Å²) in [7, 11) is -2.02. The molecule has 1 aliphatic carbocycles. The number of hydrogen-bond donors (Lipinski definition) is 1. The first kappa shape index (κ1) is 27.3. The summed E-state index contributed by atoms with van der Waals surface area (Å²) in [6.07, 6.45) is 1.01. The highest BCUT2D eigenvalue weighted by molar-refractivity contribution is 14.1. The summed E-state index contributed by atoms with van der Waals surface area (Å²) in [6.45, 7) is 20.3. The van der Waals surface area contributed by atoms with Crippen molar-refractivity contribution in [1.29, 1.82) is 5.26 Å². The lowest BCUT2D eigenvalue weighted by molar-refractivity contribution is 0.104. The zero-order chi connectivity index (χ0) is 25.6. The molecule has 0 aliphatic heterocycles. The minimum atomic E-state index is -2.02. The summed E-state index contributed by atoms with van der Waals surface area (Å²) in [4.78, 5) is 5.21. The maximum Gasteiger partial charge on any atom is 0.192 e. The van der Waals surface area contributed by atoms with Gasteiger partial charge in [-0.3, -0.25) is 4.98 Å². The van der Waals surface area contributed by atoms with Gasteiger partial charge in [0.1, 0.15) is 6.10 Å². The Bertz CT molecular complexity index is 1100. The normalized spacial score (nSPS) is 19.0. The third-order valence-corrected chi connectivity index (χ3v) is 13.1. The molecule has 0 bridgehead atoms. The quantitative estimate of drug-likeness (QED) is 0.285. The third-order valence-electron chi connectivity index (χ3n) is 7.44. The lowest BCUT2D eigenvalue weighted by atomic mass is 9.74. The Morgan fingerprint density at radius 2 is 1.79 bits per heavy atom. The zero-order valence-corrected chi connectivity index (χ0v) is 25.2. The lowest BCUT2D eigenvalue weighted by Gasteiger charge is -2.44. The summed E-state index contributed by atoms with van der Waals surface area (Å²) in [5, 5.41) is 20.8. The van der Waals surface area contributed by atoms with Crippen LogP contribution in [-0.4, -0.2) is 18.4 Å². The summed E-state index contributed by atoms with van der Waals surface area (Å²) in [5.74, 6) is 0.173. The van der Waals surface area contributed by atoms with E-state index in [-0.39, 0.29) is 22.5 Å². The van der Waals surface area contributed by atoms with E-state index in [4.69, 9.17) is 14.7 Å². The molecule has 0 saturated heterocycles. The van der Waals surface area contributed by atoms with Gasteiger partial charge in [0.2, 0.25) is 0 Å². The predicted molar refractivity (Wildman–Crippen MR) is 149 cm³/mol. The third kappa shape index (κ3) is 5.43. The first-order valence-corrected chi connectivity index (χ1v) is 16.1. The van der Waals surface area contributed by atoms with Gasteiger partial charge in [0.25, 0.3) is 0 Å². The molecule has 0 spiro atoms. The van der Waals surface area contributed by atoms with E-state index >= 15 is 0 Å². The van der Waals surface area contributed by atoms with Gasteiger partial charge in [-0.15, -0.1) is 0 Å². The summed E-state index contributed by atoms with van der Waals surface area (Å²) < 4.78 is 8.11. The van der Waals surface area contributed by atoms with Crippen LogP contribution < -0.4 is 0 Å². The van der Waals surface area contributed by atoms with E-state index in [1.807, 2.05) is 12.1 Å². The molecule has 2 atom stereocenters. The summed E-state index contributed by atoms with van der Waals surface area (Å²) in [6, 6.07) is 9.36. The van der Waals surface area contributed by atoms with Crippen molar-refractivity contribution < 1.29 is 9.53 Å². The lowest BCUT2D eigenvalue weighted by Crippen LogP contribution is -2.44. The first-order valence-electron chi connectivity index (χ1n) is 12.2. The van der Waals surface area contributed by atoms with Crippen molar-refractivity contribution in [2.75, 3.05) is 0 Å². The molecule has 1 aliphatic rings. The highest BCUT2D eigenvalue weighted by Gasteiger charge is 2.44. The molecular formula is C28H39IN2O2Si. The number of rotatable bonds is 5. The molecule has 0 radical (unpaired) electrons. The summed E-state index contributed by atoms with van der Waals surface area (Å²) >= 11 is 2.42. The van der Waals surface area contributed by atoms with Crippen LogP contribution in [0.1, 0.15) is 107 Å². The maximum atomic E-state index is 11.6. The second-order valence-electron chi connectivity index (χ2n) is 12.3. The van der Waals surface area contributed by atoms with Crippen molar-refractivity contribution in [2.45, 2.75) is 97.6 Å². The van der Waals surface area contributed by atoms with Gasteiger partial charge in [-0.2, -0.15) is 5.26 Å². The van der Waals surface area contributed by atoms with E-state index in [9.17, 15) is 5.11 Å². The number of aliphatic hydroxyl groups excluding tert-OH is 1. The fourth-order valence-corrected chi connectivity index (χ4v) is 6.98. The van der Waals surface area contributed by atoms with Crippen LogP contribution in [0, 0.1) is 20.3 Å². The number of hydrogen-bond acceptors (Lipinski definition) is 4. The summed E-state index contributed by atoms with van der Waals surface area (Å²) in [5.41, 5.74) is 5.56. The van der Waals surface area contributed by atoms with Crippen LogP contribution in [0.4, 0.5) is 0 Å². The van der Waals surface area contributed by atoms with E-state index in [0.29, 0.717) is 5.56 Å². The van der Waals surface area contributed by atoms with E-state index in [1.165, 1.54) is 0 Å². The Labute approximate surface area is 220 Å². The van der Waals surface area contributed by atoms with Gasteiger partial charge in [-0.1, -0.05) is 60.6 Å². The van der Waals surface area contributed by atoms with Crippen molar-refractivity contribution >= 4 is 30.9 Å². The minimum Gasteiger partial charge on any atom is -0.410 e. The SMILES string of the molecule is CC(C)c1nc2c(c(I)c1C(O)c1ccc(C#N)cc1)[C@@H](O[Si](C)(C)C(C)(C)C)CC(C)(C)C2. The van der Waals surface area contributed by atoms with Crippen LogP contribution in [0.15, 0.2) is 24.3 Å². The Morgan fingerprint density at radius 3 is 2.29 bits per heavy atom. The molecule has 34 heavy (non-hydrogen) atoms. The maximum absolute atomic E-state index is 11.6. The number of aromatic nitrogens is 1. The average Bonchev–Trinajstić information content (AvgIpc) is 2.70. The van der Waals surface area contributed by atoms with Crippen LogP contribution in [0.2, 0.25) is 18.1 Å². The Morgan fingerprint density at radius 1 is 1.21 bits per heavy atom. The standard InChI is InChI=1S/C28H39IN2O2Si/c1-17(2)25-23(26(32)19-12-10-18(16-30)11-13-19)24(29)22-20(31-25)14-28(6,7)15-21(22)33-34(8,9)27(3,4)5/h10-13,17,21,26,32H,14-15H2,1-9H3/t21-,26?/m0/s1. The molecule has 184 valence electrons. The zero-order valence-electron chi connectivity index (χ0n) is 22.1. The molecule has 1 aromatic heterocycles. The van der Waals surface area contributed by atoms with Crippen LogP contribution in [0.3, 0.4) is 0 Å². The molecule has 0 saturated carbocycles. The van der Waals surface area contributed by atoms with E-state index in [0.717, 1.165) is 44.5 Å². The van der Waals surface area contributed by atoms with Crippen molar-refractivity contribution in [1.82, 2.24) is 4.98 Å². The Balaban J connectivity index is 2.20. The molecule has 1 N–H and O–H groups in total. The number of pyridine rings is 1. The van der Waals surface area contributed by atoms with Gasteiger partial charge < -0.3 is 9.53 Å². The van der Waals surface area contributed by atoms with Gasteiger partial charge in [0.15, 0.2) is 8.32 Å². The largest absolute Gasteiger partial charge is 0.410 e.